The van der Waals surface area contributed by atoms with Crippen LogP contribution in [0.15, 0.2) is 30.3 Å². The number of halogens is 1. The van der Waals surface area contributed by atoms with E-state index >= 15 is 0 Å². The lowest BCUT2D eigenvalue weighted by molar-refractivity contribution is -0.119. The van der Waals surface area contributed by atoms with Crippen molar-refractivity contribution in [1.82, 2.24) is 5.32 Å². The Morgan fingerprint density at radius 2 is 2.00 bits per heavy atom. The Bertz CT molecular complexity index is 410. The molecule has 19 heavy (non-hydrogen) atoms. The zero-order chi connectivity index (χ0) is 14.1. The molecule has 0 aliphatic rings. The van der Waals surface area contributed by atoms with E-state index in [9.17, 15) is 9.59 Å². The number of alkyl halides is 1. The maximum atomic E-state index is 11.4. The highest BCUT2D eigenvalue weighted by Gasteiger charge is 2.15. The first-order valence-electron chi connectivity index (χ1n) is 5.79. The van der Waals surface area contributed by atoms with Crippen LogP contribution in [0.25, 0.3) is 0 Å². The second-order valence-corrected chi connectivity index (χ2v) is 4.16. The molecule has 0 spiro atoms. The van der Waals surface area contributed by atoms with E-state index in [0.29, 0.717) is 0 Å². The number of carbonyl (C=O) groups excluding carboxylic acids is 2. The van der Waals surface area contributed by atoms with Crippen LogP contribution in [-0.4, -0.2) is 30.6 Å². The Labute approximate surface area is 116 Å². The van der Waals surface area contributed by atoms with Crippen molar-refractivity contribution >= 4 is 23.7 Å². The van der Waals surface area contributed by atoms with Crippen molar-refractivity contribution in [3.05, 3.63) is 35.9 Å². The first kappa shape index (κ1) is 15.3. The van der Waals surface area contributed by atoms with Crippen molar-refractivity contribution in [2.24, 2.45) is 0 Å². The van der Waals surface area contributed by atoms with Crippen LogP contribution in [0.3, 0.4) is 0 Å². The predicted molar refractivity (Wildman–Crippen MR) is 70.9 cm³/mol. The maximum absolute atomic E-state index is 11.4. The molecule has 1 N–H and O–H groups in total. The number of carbonyl (C=O) groups is 2. The monoisotopic (exact) mass is 285 g/mol. The van der Waals surface area contributed by atoms with Crippen LogP contribution in [0.1, 0.15) is 12.5 Å². The molecule has 0 radical (unpaired) electrons. The molecule has 0 saturated carbocycles. The molecular weight excluding hydrogens is 270 g/mol. The molecule has 0 aliphatic carbocycles. The number of hydrogen-bond acceptors (Lipinski definition) is 4. The lowest BCUT2D eigenvalue weighted by atomic mass is 10.2. The molecule has 6 heteroatoms. The van der Waals surface area contributed by atoms with Crippen LogP contribution < -0.4 is 5.32 Å². The van der Waals surface area contributed by atoms with Crippen LogP contribution in [0.5, 0.6) is 0 Å². The molecule has 1 rings (SSSR count). The summed E-state index contributed by atoms with van der Waals surface area (Å²) < 4.78 is 9.90. The largest absolute Gasteiger partial charge is 0.508 e. The van der Waals surface area contributed by atoms with Gasteiger partial charge in [-0.1, -0.05) is 30.3 Å². The molecule has 5 nitrogen and oxygen atoms in total. The van der Waals surface area contributed by atoms with Crippen molar-refractivity contribution in [3.63, 3.8) is 0 Å². The van der Waals surface area contributed by atoms with Gasteiger partial charge in [-0.05, 0) is 5.56 Å². The van der Waals surface area contributed by atoms with Gasteiger partial charge in [-0.3, -0.25) is 4.79 Å². The van der Waals surface area contributed by atoms with Crippen molar-refractivity contribution in [2.45, 2.75) is 19.6 Å². The summed E-state index contributed by atoms with van der Waals surface area (Å²) in [5.41, 5.74) is 0.865. The minimum atomic E-state index is -0.806. The highest BCUT2D eigenvalue weighted by atomic mass is 35.5. The average molecular weight is 286 g/mol. The van der Waals surface area contributed by atoms with E-state index in [1.807, 2.05) is 30.3 Å². The molecule has 0 bridgehead atoms. The van der Waals surface area contributed by atoms with Crippen molar-refractivity contribution in [3.8, 4) is 0 Å². The number of benzene rings is 1. The number of ether oxygens (including phenoxy) is 2. The second-order valence-electron chi connectivity index (χ2n) is 3.86. The van der Waals surface area contributed by atoms with Crippen LogP contribution in [0, 0.1) is 0 Å². The number of nitrogens with one attached hydrogen (secondary N) is 1. The Hall–Kier alpha value is -1.75. The number of hydrogen-bond donors (Lipinski definition) is 1. The third kappa shape index (κ3) is 6.67. The molecule has 104 valence electrons. The average Bonchev–Trinajstić information content (AvgIpc) is 2.42. The topological polar surface area (TPSA) is 64.6 Å². The van der Waals surface area contributed by atoms with Gasteiger partial charge >= 0.3 is 6.16 Å². The van der Waals surface area contributed by atoms with Crippen LogP contribution in [0.2, 0.25) is 0 Å². The molecule has 1 amide bonds. The zero-order valence-corrected chi connectivity index (χ0v) is 11.4. The predicted octanol–water partition coefficient (Wildman–Crippen LogP) is 2.08. The summed E-state index contributed by atoms with van der Waals surface area (Å²) in [6, 6.07) is 9.25. The summed E-state index contributed by atoms with van der Waals surface area (Å²) in [5.74, 6) is -0.128. The smallest absolute Gasteiger partial charge is 0.429 e. The normalized spacial score (nSPS) is 11.5. The fraction of sp³-hybridized carbons (Fsp3) is 0.385. The van der Waals surface area contributed by atoms with Crippen LogP contribution >= 0.6 is 11.6 Å². The standard InChI is InChI=1S/C13H16ClNO4/c1-10(16)15-8-12(7-14)19-13(17)18-9-11-5-3-2-4-6-11/h2-6,12H,7-9H2,1H3,(H,15,16)/t12-/m1/s1. The highest BCUT2D eigenvalue weighted by Crippen LogP contribution is 2.03. The SMILES string of the molecule is CC(=O)NC[C@@H](CCl)OC(=O)OCc1ccccc1. The molecular formula is C13H16ClNO4. The van der Waals surface area contributed by atoms with Gasteiger partial charge in [0.25, 0.3) is 0 Å². The molecule has 1 atom stereocenters. The number of rotatable bonds is 6. The van der Waals surface area contributed by atoms with E-state index in [-0.39, 0.29) is 24.9 Å². The number of amides is 1. The van der Waals surface area contributed by atoms with E-state index in [0.717, 1.165) is 5.56 Å². The second kappa shape index (κ2) is 8.37. The van der Waals surface area contributed by atoms with Gasteiger partial charge < -0.3 is 14.8 Å². The minimum Gasteiger partial charge on any atom is -0.429 e. The van der Waals surface area contributed by atoms with E-state index in [1.54, 1.807) is 0 Å². The summed E-state index contributed by atoms with van der Waals surface area (Å²) in [4.78, 5) is 22.1. The van der Waals surface area contributed by atoms with Crippen LogP contribution in [-0.2, 0) is 20.9 Å². The van der Waals surface area contributed by atoms with Gasteiger partial charge in [0, 0.05) is 6.92 Å². The van der Waals surface area contributed by atoms with Gasteiger partial charge in [0.1, 0.15) is 12.7 Å². The molecule has 0 unspecified atom stereocenters. The van der Waals surface area contributed by atoms with Gasteiger partial charge in [0.2, 0.25) is 5.91 Å². The van der Waals surface area contributed by atoms with E-state index < -0.39 is 12.3 Å². The molecule has 0 aliphatic heterocycles. The summed E-state index contributed by atoms with van der Waals surface area (Å²) in [5, 5.41) is 2.52. The van der Waals surface area contributed by atoms with E-state index in [4.69, 9.17) is 21.1 Å². The summed E-state index contributed by atoms with van der Waals surface area (Å²) in [6.45, 7) is 1.67. The van der Waals surface area contributed by atoms with E-state index in [2.05, 4.69) is 5.32 Å². The lowest BCUT2D eigenvalue weighted by Crippen LogP contribution is -2.34. The molecule has 1 aromatic rings. The zero-order valence-electron chi connectivity index (χ0n) is 10.6. The Kier molecular flexibility index (Phi) is 6.74. The quantitative estimate of drug-likeness (QED) is 0.642. The third-order valence-corrected chi connectivity index (χ3v) is 2.56. The van der Waals surface area contributed by atoms with Crippen LogP contribution in [0.4, 0.5) is 4.79 Å². The lowest BCUT2D eigenvalue weighted by Gasteiger charge is -2.15. The Morgan fingerprint density at radius 3 is 2.58 bits per heavy atom. The Balaban J connectivity index is 2.30. The van der Waals surface area contributed by atoms with Gasteiger partial charge in [-0.2, -0.15) is 0 Å². The molecule has 0 saturated heterocycles. The van der Waals surface area contributed by atoms with Gasteiger partial charge in [0.15, 0.2) is 0 Å². The molecule has 1 aromatic carbocycles. The molecule has 0 heterocycles. The molecule has 0 aromatic heterocycles. The third-order valence-electron chi connectivity index (χ3n) is 2.21. The van der Waals surface area contributed by atoms with Gasteiger partial charge in [-0.15, -0.1) is 11.6 Å². The Morgan fingerprint density at radius 1 is 1.32 bits per heavy atom. The molecule has 0 fully saturated rings. The van der Waals surface area contributed by atoms with Gasteiger partial charge in [-0.25, -0.2) is 4.79 Å². The van der Waals surface area contributed by atoms with Crippen molar-refractivity contribution in [1.29, 1.82) is 0 Å². The fourth-order valence-corrected chi connectivity index (χ4v) is 1.44. The fourth-order valence-electron chi connectivity index (χ4n) is 1.27. The maximum Gasteiger partial charge on any atom is 0.508 e. The summed E-state index contributed by atoms with van der Waals surface area (Å²) >= 11 is 5.63. The summed E-state index contributed by atoms with van der Waals surface area (Å²) in [7, 11) is 0. The van der Waals surface area contributed by atoms with Crippen molar-refractivity contribution in [2.75, 3.05) is 12.4 Å². The first-order valence-corrected chi connectivity index (χ1v) is 6.33. The van der Waals surface area contributed by atoms with Crippen molar-refractivity contribution < 1.29 is 19.1 Å². The summed E-state index contributed by atoms with van der Waals surface area (Å²) in [6.07, 6.45) is -1.41. The van der Waals surface area contributed by atoms with E-state index in [1.165, 1.54) is 6.92 Å². The first-order chi connectivity index (χ1) is 9.11. The minimum absolute atomic E-state index is 0.0840. The highest BCUT2D eigenvalue weighted by molar-refractivity contribution is 6.18. The van der Waals surface area contributed by atoms with Gasteiger partial charge in [0.05, 0.1) is 12.4 Å².